The minimum atomic E-state index is -4.30. The Hall–Kier alpha value is -4.27. The lowest BCUT2D eigenvalue weighted by atomic mass is 9.95. The Morgan fingerprint density at radius 3 is 2.24 bits per heavy atom. The highest BCUT2D eigenvalue weighted by Crippen LogP contribution is 2.22. The molecule has 0 bridgehead atoms. The molecule has 0 saturated heterocycles. The van der Waals surface area contributed by atoms with E-state index in [2.05, 4.69) is 15.6 Å². The Kier molecular flexibility index (Phi) is 13.3. The van der Waals surface area contributed by atoms with Gasteiger partial charge in [-0.2, -0.15) is 0 Å². The Labute approximate surface area is 273 Å². The number of hydrogen-bond donors (Lipinski definition) is 5. The van der Waals surface area contributed by atoms with Gasteiger partial charge in [0.1, 0.15) is 17.4 Å². The zero-order valence-electron chi connectivity index (χ0n) is 25.9. The van der Waals surface area contributed by atoms with E-state index >= 15 is 0 Å². The largest absolute Gasteiger partial charge is 0.347 e. The first kappa shape index (κ1) is 36.2. The molecule has 5 N–H and O–H groups in total. The van der Waals surface area contributed by atoms with Crippen molar-refractivity contribution in [3.05, 3.63) is 82.4 Å². The summed E-state index contributed by atoms with van der Waals surface area (Å²) in [5.41, 5.74) is 3.19. The minimum absolute atomic E-state index is 0.0673. The van der Waals surface area contributed by atoms with E-state index in [0.717, 1.165) is 18.4 Å². The van der Waals surface area contributed by atoms with Gasteiger partial charge >= 0.3 is 0 Å². The molecule has 1 heterocycles. The predicted molar refractivity (Wildman–Crippen MR) is 170 cm³/mol. The fourth-order valence-electron chi connectivity index (χ4n) is 4.62. The molecule has 2 aromatic carbocycles. The van der Waals surface area contributed by atoms with E-state index in [-0.39, 0.29) is 34.6 Å². The van der Waals surface area contributed by atoms with E-state index in [1.165, 1.54) is 17.6 Å². The van der Waals surface area contributed by atoms with Crippen LogP contribution in [0.5, 0.6) is 0 Å². The van der Waals surface area contributed by atoms with Gasteiger partial charge in [0, 0.05) is 19.5 Å². The third-order valence-electron chi connectivity index (χ3n) is 6.97. The molecule has 248 valence electrons. The lowest BCUT2D eigenvalue weighted by Crippen LogP contribution is -2.45. The molecule has 0 aliphatic carbocycles. The molecule has 4 amide bonds. The van der Waals surface area contributed by atoms with Gasteiger partial charge in [-0.15, -0.1) is 0 Å². The number of halogens is 1. The second-order valence-corrected chi connectivity index (χ2v) is 13.1. The maximum absolute atomic E-state index is 13.2. The summed E-state index contributed by atoms with van der Waals surface area (Å²) in [6.45, 7) is 5.35. The second-order valence-electron chi connectivity index (χ2n) is 11.1. The summed E-state index contributed by atoms with van der Waals surface area (Å²) in [5.74, 6) is -3.89. The number of nitrogens with zero attached hydrogens (tertiary/aromatic N) is 2. The number of carbonyl (C=O) groups excluding carboxylic acids is 4. The van der Waals surface area contributed by atoms with Gasteiger partial charge in [0.25, 0.3) is 27.7 Å². The van der Waals surface area contributed by atoms with Crippen LogP contribution in [0.25, 0.3) is 0 Å². The van der Waals surface area contributed by atoms with Gasteiger partial charge in [-0.3, -0.25) is 24.4 Å². The summed E-state index contributed by atoms with van der Waals surface area (Å²) in [5, 5.41) is 14.1. The van der Waals surface area contributed by atoms with Crippen LogP contribution in [-0.2, 0) is 43.9 Å². The van der Waals surface area contributed by atoms with Crippen molar-refractivity contribution in [2.24, 2.45) is 11.8 Å². The number of amides is 4. The topological polar surface area (TPSA) is 189 Å². The maximum Gasteiger partial charge on any atom is 0.271 e. The van der Waals surface area contributed by atoms with E-state index in [0.29, 0.717) is 24.4 Å². The van der Waals surface area contributed by atoms with Crippen LogP contribution in [0.3, 0.4) is 0 Å². The smallest absolute Gasteiger partial charge is 0.271 e. The van der Waals surface area contributed by atoms with E-state index in [4.69, 9.17) is 16.8 Å². The third-order valence-corrected chi connectivity index (χ3v) is 8.62. The van der Waals surface area contributed by atoms with Crippen molar-refractivity contribution in [1.29, 1.82) is 0 Å². The Bertz CT molecular complexity index is 1630. The molecule has 15 heteroatoms. The molecule has 0 radical (unpaired) electrons. The van der Waals surface area contributed by atoms with Gasteiger partial charge in [-0.25, -0.2) is 23.6 Å². The van der Waals surface area contributed by atoms with E-state index < -0.39 is 46.1 Å². The summed E-state index contributed by atoms with van der Waals surface area (Å²) in [7, 11) is -4.30. The highest BCUT2D eigenvalue weighted by molar-refractivity contribution is 7.90. The highest BCUT2D eigenvalue weighted by Gasteiger charge is 2.28. The highest BCUT2D eigenvalue weighted by atomic mass is 35.5. The van der Waals surface area contributed by atoms with Gasteiger partial charge in [0.05, 0.1) is 11.4 Å². The molecule has 0 aliphatic rings. The first-order chi connectivity index (χ1) is 21.9. The zero-order valence-corrected chi connectivity index (χ0v) is 27.5. The number of unbranched alkanes of at least 4 members (excludes halogenated alkanes) is 1. The average molecular weight is 675 g/mol. The fraction of sp³-hybridized carbons (Fsp3) is 0.387. The van der Waals surface area contributed by atoms with Crippen molar-refractivity contribution in [2.75, 3.05) is 6.54 Å². The van der Waals surface area contributed by atoms with Gasteiger partial charge in [-0.1, -0.05) is 81.3 Å². The summed E-state index contributed by atoms with van der Waals surface area (Å²) >= 11 is 6.44. The molecule has 0 fully saturated rings. The van der Waals surface area contributed by atoms with Crippen LogP contribution >= 0.6 is 11.6 Å². The van der Waals surface area contributed by atoms with Crippen molar-refractivity contribution < 1.29 is 32.8 Å². The van der Waals surface area contributed by atoms with Crippen LogP contribution < -0.4 is 20.8 Å². The second kappa shape index (κ2) is 16.9. The lowest BCUT2D eigenvalue weighted by molar-refractivity contribution is -0.142. The standard InChI is InChI=1S/C31H39ClN6O7S/c1-4-5-11-25-35-28(32)27(31(42)33-17-21-9-7-6-8-10-21)38(25)19-22-12-14-23(15-13-22)46(44,45)37-26(39)18-34-29(40)24(16-20(2)3)30(41)36-43/h6-10,12-15,20,24,43H,4-5,11,16-19H2,1-3H3,(H,33,42)(H,34,40)(H,36,41)(H,37,39). The van der Waals surface area contributed by atoms with Crippen molar-refractivity contribution in [3.63, 3.8) is 0 Å². The molecule has 1 aromatic heterocycles. The van der Waals surface area contributed by atoms with Gasteiger partial charge in [0.2, 0.25) is 5.91 Å². The predicted octanol–water partition coefficient (Wildman–Crippen LogP) is 2.95. The van der Waals surface area contributed by atoms with E-state index in [1.807, 2.05) is 42.0 Å². The SMILES string of the molecule is CCCCc1nc(Cl)c(C(=O)NCc2ccccc2)n1Cc1ccc(S(=O)(=O)NC(=O)CNC(=O)C(CC(C)C)C(=O)NO)cc1. The lowest BCUT2D eigenvalue weighted by Gasteiger charge is -2.16. The molecule has 3 rings (SSSR count). The average Bonchev–Trinajstić information content (AvgIpc) is 3.34. The van der Waals surface area contributed by atoms with Gasteiger partial charge in [-0.05, 0) is 42.0 Å². The number of aromatic nitrogens is 2. The first-order valence-electron chi connectivity index (χ1n) is 14.8. The summed E-state index contributed by atoms with van der Waals surface area (Å²) in [6.07, 6.45) is 2.41. The number of rotatable bonds is 16. The van der Waals surface area contributed by atoms with Crippen molar-refractivity contribution in [2.45, 2.75) is 64.4 Å². The van der Waals surface area contributed by atoms with Gasteiger partial charge in [0.15, 0.2) is 5.15 Å². The van der Waals surface area contributed by atoms with E-state index in [1.54, 1.807) is 30.5 Å². The molecule has 0 aliphatic heterocycles. The molecule has 13 nitrogen and oxygen atoms in total. The Morgan fingerprint density at radius 2 is 1.63 bits per heavy atom. The maximum atomic E-state index is 13.2. The number of benzene rings is 2. The van der Waals surface area contributed by atoms with Crippen molar-refractivity contribution >= 4 is 45.3 Å². The number of hydroxylamine groups is 1. The summed E-state index contributed by atoms with van der Waals surface area (Å²) < 4.78 is 29.4. The monoisotopic (exact) mass is 674 g/mol. The first-order valence-corrected chi connectivity index (χ1v) is 16.7. The Morgan fingerprint density at radius 1 is 0.957 bits per heavy atom. The molecule has 1 unspecified atom stereocenters. The van der Waals surface area contributed by atoms with Crippen LogP contribution in [0.4, 0.5) is 0 Å². The molecular weight excluding hydrogens is 636 g/mol. The van der Waals surface area contributed by atoms with Crippen LogP contribution in [0.1, 0.15) is 67.5 Å². The van der Waals surface area contributed by atoms with Crippen LogP contribution in [0, 0.1) is 11.8 Å². The normalized spacial score (nSPS) is 12.0. The number of aryl methyl sites for hydroxylation is 1. The number of imidazole rings is 1. The summed E-state index contributed by atoms with van der Waals surface area (Å²) in [6, 6.07) is 15.1. The van der Waals surface area contributed by atoms with E-state index in [9.17, 15) is 27.6 Å². The van der Waals surface area contributed by atoms with Crippen molar-refractivity contribution in [3.8, 4) is 0 Å². The Balaban J connectivity index is 1.71. The number of carbonyl (C=O) groups is 4. The number of sulfonamides is 1. The van der Waals surface area contributed by atoms with Crippen LogP contribution in [0.2, 0.25) is 5.15 Å². The fourth-order valence-corrected chi connectivity index (χ4v) is 5.89. The quantitative estimate of drug-likeness (QED) is 0.0871. The molecule has 1 atom stereocenters. The zero-order chi connectivity index (χ0) is 33.9. The minimum Gasteiger partial charge on any atom is -0.347 e. The molecular formula is C31H39ClN6O7S. The molecule has 0 spiro atoms. The molecule has 3 aromatic rings. The number of nitrogens with one attached hydrogen (secondary N) is 4. The third kappa shape index (κ3) is 10.1. The van der Waals surface area contributed by atoms with Crippen molar-refractivity contribution in [1.82, 2.24) is 30.4 Å². The van der Waals surface area contributed by atoms with Crippen LogP contribution in [-0.4, -0.2) is 53.3 Å². The summed E-state index contributed by atoms with van der Waals surface area (Å²) in [4.78, 5) is 54.1. The van der Waals surface area contributed by atoms with Gasteiger partial charge < -0.3 is 15.2 Å². The van der Waals surface area contributed by atoms with Crippen LogP contribution in [0.15, 0.2) is 59.5 Å². The molecule has 46 heavy (non-hydrogen) atoms. The molecule has 0 saturated carbocycles. The number of hydrogen-bond acceptors (Lipinski definition) is 8.